The highest BCUT2D eigenvalue weighted by Gasteiger charge is 2.33. The number of rotatable bonds is 45. The average Bonchev–Trinajstić information content (AvgIpc) is 3.25. The predicted molar refractivity (Wildman–Crippen MR) is 242 cm³/mol. The van der Waals surface area contributed by atoms with Crippen molar-refractivity contribution in [3.63, 3.8) is 0 Å². The fraction of sp³-hybridized carbons (Fsp3) is 0.872. The third-order valence-corrected chi connectivity index (χ3v) is 11.6. The third-order valence-electron chi connectivity index (χ3n) is 10.7. The van der Waals surface area contributed by atoms with Gasteiger partial charge >= 0.3 is 19.8 Å². The van der Waals surface area contributed by atoms with E-state index in [2.05, 4.69) is 38.2 Å². The van der Waals surface area contributed by atoms with Gasteiger partial charge in [0.05, 0.1) is 19.8 Å². The molecule has 1 unspecified atom stereocenters. The molecule has 360 valence electrons. The molecule has 0 saturated carbocycles. The van der Waals surface area contributed by atoms with E-state index in [1.807, 2.05) is 0 Å². The summed E-state index contributed by atoms with van der Waals surface area (Å²) in [6.07, 6.45) is 32.7. The van der Waals surface area contributed by atoms with Crippen molar-refractivity contribution in [3.8, 4) is 0 Å². The number of aliphatic hydroxyl groups is 5. The second-order valence-electron chi connectivity index (χ2n) is 16.5. The molecule has 14 heteroatoms. The van der Waals surface area contributed by atoms with Crippen molar-refractivity contribution in [2.45, 2.75) is 237 Å². The molecule has 0 aromatic rings. The number of phosphoric ester groups is 1. The summed E-state index contributed by atoms with van der Waals surface area (Å²) in [4.78, 5) is 35.4. The van der Waals surface area contributed by atoms with Crippen LogP contribution in [0.25, 0.3) is 0 Å². The molecule has 0 spiro atoms. The minimum absolute atomic E-state index is 0.0861. The van der Waals surface area contributed by atoms with E-state index in [1.165, 1.54) is 128 Å². The zero-order chi connectivity index (χ0) is 45.2. The van der Waals surface area contributed by atoms with Crippen molar-refractivity contribution >= 4 is 19.8 Å². The van der Waals surface area contributed by atoms with Crippen LogP contribution in [0.15, 0.2) is 24.3 Å². The predicted octanol–water partition coefficient (Wildman–Crippen LogP) is 9.87. The molecule has 0 amide bonds. The molecule has 13 nitrogen and oxygen atoms in total. The first-order valence-corrected chi connectivity index (χ1v) is 25.6. The Bertz CT molecular complexity index is 1120. The number of unbranched alkanes of at least 4 members (excludes halogenated alkanes) is 24. The van der Waals surface area contributed by atoms with Crippen LogP contribution in [-0.2, 0) is 32.7 Å². The molecule has 6 atom stereocenters. The molecule has 0 aliphatic rings. The van der Waals surface area contributed by atoms with Gasteiger partial charge in [0.15, 0.2) is 6.10 Å². The zero-order valence-electron chi connectivity index (χ0n) is 38.2. The van der Waals surface area contributed by atoms with Crippen LogP contribution in [0.4, 0.5) is 0 Å². The molecule has 0 aromatic heterocycles. The highest BCUT2D eigenvalue weighted by Crippen LogP contribution is 2.43. The second kappa shape index (κ2) is 42.3. The summed E-state index contributed by atoms with van der Waals surface area (Å²) in [5.41, 5.74) is 0. The topological polar surface area (TPSA) is 210 Å². The summed E-state index contributed by atoms with van der Waals surface area (Å²) in [6.45, 7) is 1.51. The Morgan fingerprint density at radius 2 is 0.852 bits per heavy atom. The zero-order valence-corrected chi connectivity index (χ0v) is 39.1. The van der Waals surface area contributed by atoms with Crippen LogP contribution in [0.5, 0.6) is 0 Å². The van der Waals surface area contributed by atoms with Gasteiger partial charge in [-0.2, -0.15) is 0 Å². The van der Waals surface area contributed by atoms with Crippen molar-refractivity contribution in [3.05, 3.63) is 24.3 Å². The lowest BCUT2D eigenvalue weighted by molar-refractivity contribution is -0.161. The highest BCUT2D eigenvalue weighted by molar-refractivity contribution is 7.47. The lowest BCUT2D eigenvalue weighted by atomic mass is 10.0. The normalized spacial score (nSPS) is 15.5. The number of carbonyl (C=O) groups is 2. The van der Waals surface area contributed by atoms with Crippen LogP contribution < -0.4 is 0 Å². The maximum Gasteiger partial charge on any atom is 0.472 e. The number of phosphoric acid groups is 1. The van der Waals surface area contributed by atoms with Gasteiger partial charge in [-0.3, -0.25) is 18.6 Å². The average molecular weight is 893 g/mol. The SMILES string of the molecule is CCCCCCCCCCCCC=CCCCCC(=O)OC[C@H](COP(=O)(O)OC[C@@H](O)[C@@H](O)[C@H](O)[C@H](O)CO)OC(=O)CCCCC=CCCCCCCCCCCCC. The summed E-state index contributed by atoms with van der Waals surface area (Å²) < 4.78 is 33.0. The Kier molecular flexibility index (Phi) is 41.1. The van der Waals surface area contributed by atoms with E-state index in [0.717, 1.165) is 38.5 Å². The number of carbonyl (C=O) groups excluding carboxylic acids is 2. The molecule has 6 N–H and O–H groups in total. The fourth-order valence-electron chi connectivity index (χ4n) is 6.70. The number of ether oxygens (including phenoxy) is 2. The van der Waals surface area contributed by atoms with Crippen molar-refractivity contribution in [2.24, 2.45) is 0 Å². The van der Waals surface area contributed by atoms with E-state index in [1.54, 1.807) is 0 Å². The summed E-state index contributed by atoms with van der Waals surface area (Å²) in [6, 6.07) is 0. The van der Waals surface area contributed by atoms with Gasteiger partial charge in [0.1, 0.15) is 31.0 Å². The van der Waals surface area contributed by atoms with Gasteiger partial charge in [-0.05, 0) is 64.2 Å². The monoisotopic (exact) mass is 893 g/mol. The molecule has 0 fully saturated rings. The van der Waals surface area contributed by atoms with E-state index in [4.69, 9.17) is 23.6 Å². The molecule has 0 aliphatic carbocycles. The molecule has 0 bridgehead atoms. The molecule has 61 heavy (non-hydrogen) atoms. The maximum atomic E-state index is 12.7. The van der Waals surface area contributed by atoms with Gasteiger partial charge in [-0.1, -0.05) is 154 Å². The number of hydrogen-bond acceptors (Lipinski definition) is 12. The Morgan fingerprint density at radius 3 is 1.28 bits per heavy atom. The van der Waals surface area contributed by atoms with E-state index < -0.39 is 76.7 Å². The number of hydrogen-bond donors (Lipinski definition) is 6. The first-order chi connectivity index (χ1) is 29.5. The van der Waals surface area contributed by atoms with E-state index in [-0.39, 0.29) is 12.8 Å². The summed E-state index contributed by atoms with van der Waals surface area (Å²) in [5.74, 6) is -1.10. The molecular formula is C47H89O13P. The number of aliphatic hydroxyl groups excluding tert-OH is 5. The second-order valence-corrected chi connectivity index (χ2v) is 18.0. The first kappa shape index (κ1) is 59.3. The molecule has 0 aromatic carbocycles. The largest absolute Gasteiger partial charge is 0.472 e. The fourth-order valence-corrected chi connectivity index (χ4v) is 7.47. The van der Waals surface area contributed by atoms with Crippen molar-refractivity contribution in [1.82, 2.24) is 0 Å². The standard InChI is InChI=1S/C47H89O13P/c1-3-5-7-9-11-13-15-17-19-21-23-25-27-29-31-33-35-44(51)57-38-41(39-58-61(55,56)59-40-43(50)47(54)46(53)42(49)37-48)60-45(52)36-34-32-30-28-26-24-22-20-18-16-14-12-10-8-6-4-2/h25-28,41-43,46-50,53-54H,3-24,29-40H2,1-2H3,(H,55,56)/t41-,42-,43-,46-,47-/m1/s1. The minimum Gasteiger partial charge on any atom is -0.462 e. The van der Waals surface area contributed by atoms with E-state index >= 15 is 0 Å². The Labute approximate surface area is 369 Å². The van der Waals surface area contributed by atoms with Crippen LogP contribution in [0.3, 0.4) is 0 Å². The highest BCUT2D eigenvalue weighted by atomic mass is 31.2. The lowest BCUT2D eigenvalue weighted by Crippen LogP contribution is -2.47. The molecule has 0 aliphatic heterocycles. The quantitative estimate of drug-likeness (QED) is 0.0146. The van der Waals surface area contributed by atoms with Gasteiger partial charge in [0.25, 0.3) is 0 Å². The maximum absolute atomic E-state index is 12.7. The Morgan fingerprint density at radius 1 is 0.492 bits per heavy atom. The third kappa shape index (κ3) is 38.5. The summed E-state index contributed by atoms with van der Waals surface area (Å²) >= 11 is 0. The summed E-state index contributed by atoms with van der Waals surface area (Å²) in [7, 11) is -4.90. The van der Waals surface area contributed by atoms with Crippen molar-refractivity contribution in [1.29, 1.82) is 0 Å². The number of esters is 2. The van der Waals surface area contributed by atoms with Gasteiger partial charge < -0.3 is 39.9 Å². The molecule has 0 saturated heterocycles. The van der Waals surface area contributed by atoms with Gasteiger partial charge in [-0.25, -0.2) is 4.57 Å². The van der Waals surface area contributed by atoms with E-state index in [9.17, 15) is 39.5 Å². The Hall–Kier alpha value is -1.67. The van der Waals surface area contributed by atoms with Gasteiger partial charge in [-0.15, -0.1) is 0 Å². The lowest BCUT2D eigenvalue weighted by Gasteiger charge is -2.26. The van der Waals surface area contributed by atoms with E-state index in [0.29, 0.717) is 12.8 Å². The van der Waals surface area contributed by atoms with Crippen LogP contribution >= 0.6 is 7.82 Å². The Balaban J connectivity index is 4.65. The smallest absolute Gasteiger partial charge is 0.462 e. The van der Waals surface area contributed by atoms with Crippen LogP contribution in [-0.4, -0.2) is 99.3 Å². The summed E-state index contributed by atoms with van der Waals surface area (Å²) in [5, 5.41) is 48.2. The van der Waals surface area contributed by atoms with Crippen LogP contribution in [0, 0.1) is 0 Å². The molecule has 0 radical (unpaired) electrons. The van der Waals surface area contributed by atoms with Gasteiger partial charge in [0.2, 0.25) is 0 Å². The van der Waals surface area contributed by atoms with Gasteiger partial charge in [0, 0.05) is 12.8 Å². The van der Waals surface area contributed by atoms with Crippen LogP contribution in [0.1, 0.15) is 206 Å². The van der Waals surface area contributed by atoms with Crippen molar-refractivity contribution in [2.75, 3.05) is 26.4 Å². The molecular weight excluding hydrogens is 803 g/mol. The van der Waals surface area contributed by atoms with Crippen LogP contribution in [0.2, 0.25) is 0 Å². The number of allylic oxidation sites excluding steroid dienone is 4. The van der Waals surface area contributed by atoms with Crippen molar-refractivity contribution < 1.29 is 63.1 Å². The minimum atomic E-state index is -4.90. The first-order valence-electron chi connectivity index (χ1n) is 24.1. The molecule has 0 rings (SSSR count). The molecule has 0 heterocycles.